The lowest BCUT2D eigenvalue weighted by atomic mass is 10.1. The zero-order chi connectivity index (χ0) is 17.6. The Hall–Kier alpha value is -2.62. The zero-order valence-corrected chi connectivity index (χ0v) is 14.9. The normalized spacial score (nSPS) is 17.8. The number of benzene rings is 2. The van der Waals surface area contributed by atoms with E-state index in [1.807, 2.05) is 35.2 Å². The number of carbonyl (C=O) groups is 1. The van der Waals surface area contributed by atoms with Crippen molar-refractivity contribution < 1.29 is 4.79 Å². The minimum atomic E-state index is 0.128. The Morgan fingerprint density at radius 3 is 2.68 bits per heavy atom. The number of imidazole rings is 1. The van der Waals surface area contributed by atoms with E-state index in [0.29, 0.717) is 19.0 Å². The smallest absolute Gasteiger partial charge is 0.227 e. The van der Waals surface area contributed by atoms with Crippen molar-refractivity contribution in [1.29, 1.82) is 0 Å². The molecule has 2 aromatic carbocycles. The van der Waals surface area contributed by atoms with Gasteiger partial charge in [0.15, 0.2) is 0 Å². The quantitative estimate of drug-likeness (QED) is 0.710. The summed E-state index contributed by atoms with van der Waals surface area (Å²) in [7, 11) is 0. The molecule has 0 N–H and O–H groups in total. The third-order valence-corrected chi connectivity index (χ3v) is 4.94. The molecule has 4 heteroatoms. The van der Waals surface area contributed by atoms with Crippen molar-refractivity contribution in [2.75, 3.05) is 11.4 Å². The molecule has 1 atom stereocenters. The van der Waals surface area contributed by atoms with Gasteiger partial charge in [0.1, 0.15) is 5.82 Å². The largest absolute Gasteiger partial charge is 0.325 e. The van der Waals surface area contributed by atoms with E-state index in [1.54, 1.807) is 0 Å². The molecule has 1 aliphatic rings. The van der Waals surface area contributed by atoms with Crippen LogP contribution in [0.25, 0.3) is 11.0 Å². The Morgan fingerprint density at radius 1 is 1.12 bits per heavy atom. The van der Waals surface area contributed by atoms with Gasteiger partial charge >= 0.3 is 0 Å². The monoisotopic (exact) mass is 333 g/mol. The summed E-state index contributed by atoms with van der Waals surface area (Å²) in [4.78, 5) is 19.4. The predicted octanol–water partition coefficient (Wildman–Crippen LogP) is 4.45. The number of hydrogen-bond acceptors (Lipinski definition) is 2. The maximum absolute atomic E-state index is 12.7. The summed E-state index contributed by atoms with van der Waals surface area (Å²) in [5, 5.41) is 0. The number of hydrogen-bond donors (Lipinski definition) is 0. The Kier molecular flexibility index (Phi) is 3.83. The summed E-state index contributed by atoms with van der Waals surface area (Å²) < 4.78 is 2.28. The number of aryl methyl sites for hydroxylation is 1. The minimum absolute atomic E-state index is 0.128. The fourth-order valence-corrected chi connectivity index (χ4v) is 3.82. The third kappa shape index (κ3) is 2.72. The van der Waals surface area contributed by atoms with Gasteiger partial charge in [-0.25, -0.2) is 4.98 Å². The maximum atomic E-state index is 12.7. The van der Waals surface area contributed by atoms with Crippen LogP contribution in [0.2, 0.25) is 0 Å². The molecule has 128 valence electrons. The molecule has 0 radical (unpaired) electrons. The van der Waals surface area contributed by atoms with Gasteiger partial charge in [0.05, 0.1) is 11.0 Å². The number of nitrogens with zero attached hydrogens (tertiary/aromatic N) is 3. The summed E-state index contributed by atoms with van der Waals surface area (Å²) in [6.07, 6.45) is 0.518. The van der Waals surface area contributed by atoms with Crippen molar-refractivity contribution in [3.63, 3.8) is 0 Å². The van der Waals surface area contributed by atoms with Gasteiger partial charge in [-0.15, -0.1) is 0 Å². The van der Waals surface area contributed by atoms with Crippen LogP contribution in [0.3, 0.4) is 0 Å². The van der Waals surface area contributed by atoms with Crippen molar-refractivity contribution in [3.8, 4) is 0 Å². The molecule has 4 rings (SSSR count). The number of carbonyl (C=O) groups excluding carboxylic acids is 1. The van der Waals surface area contributed by atoms with Crippen LogP contribution in [0.5, 0.6) is 0 Å². The highest BCUT2D eigenvalue weighted by atomic mass is 16.2. The highest BCUT2D eigenvalue weighted by molar-refractivity contribution is 5.96. The Balaban J connectivity index is 1.73. The first kappa shape index (κ1) is 15.9. The van der Waals surface area contributed by atoms with E-state index in [9.17, 15) is 4.79 Å². The van der Waals surface area contributed by atoms with E-state index in [0.717, 1.165) is 22.5 Å². The van der Waals surface area contributed by atoms with Gasteiger partial charge in [-0.1, -0.05) is 24.3 Å². The fourth-order valence-electron chi connectivity index (χ4n) is 3.82. The lowest BCUT2D eigenvalue weighted by Gasteiger charge is -2.19. The van der Waals surface area contributed by atoms with E-state index >= 15 is 0 Å². The predicted molar refractivity (Wildman–Crippen MR) is 101 cm³/mol. The summed E-state index contributed by atoms with van der Waals surface area (Å²) in [5.74, 6) is 1.33. The summed E-state index contributed by atoms with van der Waals surface area (Å²) in [5.41, 5.74) is 4.31. The van der Waals surface area contributed by atoms with Gasteiger partial charge in [-0.05, 0) is 50.6 Å². The Morgan fingerprint density at radius 2 is 1.92 bits per heavy atom. The van der Waals surface area contributed by atoms with E-state index in [2.05, 4.69) is 43.5 Å². The van der Waals surface area contributed by atoms with E-state index < -0.39 is 0 Å². The number of fused-ring (bicyclic) bond motifs is 1. The molecule has 2 heterocycles. The van der Waals surface area contributed by atoms with Crippen LogP contribution >= 0.6 is 0 Å². The third-order valence-electron chi connectivity index (χ3n) is 4.94. The van der Waals surface area contributed by atoms with Crippen LogP contribution in [0.15, 0.2) is 48.5 Å². The van der Waals surface area contributed by atoms with Gasteiger partial charge in [0, 0.05) is 30.6 Å². The van der Waals surface area contributed by atoms with Crippen molar-refractivity contribution in [1.82, 2.24) is 9.55 Å². The Labute approximate surface area is 148 Å². The SMILES string of the molecule is Cc1cccc(N2C[C@@H](c3nc4ccccc4n3C(C)C)CC2=O)c1. The van der Waals surface area contributed by atoms with Crippen molar-refractivity contribution in [2.24, 2.45) is 0 Å². The van der Waals surface area contributed by atoms with E-state index in [1.165, 1.54) is 5.56 Å². The standard InChI is InChI=1S/C21H23N3O/c1-14(2)24-19-10-5-4-9-18(19)22-21(24)16-12-20(25)23(13-16)17-8-6-7-15(3)11-17/h4-11,14,16H,12-13H2,1-3H3/t16-/m0/s1. The molecule has 3 aromatic rings. The molecule has 0 saturated carbocycles. The van der Waals surface area contributed by atoms with Gasteiger partial charge in [0.2, 0.25) is 5.91 Å². The van der Waals surface area contributed by atoms with E-state index in [-0.39, 0.29) is 11.8 Å². The second kappa shape index (κ2) is 6.03. The summed E-state index contributed by atoms with van der Waals surface area (Å²) in [6, 6.07) is 16.7. The summed E-state index contributed by atoms with van der Waals surface area (Å²) in [6.45, 7) is 7.09. The molecule has 25 heavy (non-hydrogen) atoms. The molecule has 4 nitrogen and oxygen atoms in total. The molecule has 0 unspecified atom stereocenters. The second-order valence-corrected chi connectivity index (χ2v) is 7.17. The zero-order valence-electron chi connectivity index (χ0n) is 14.9. The van der Waals surface area contributed by atoms with Crippen molar-refractivity contribution in [2.45, 2.75) is 39.2 Å². The first-order valence-corrected chi connectivity index (χ1v) is 8.88. The maximum Gasteiger partial charge on any atom is 0.227 e. The van der Waals surface area contributed by atoms with Gasteiger partial charge in [-0.2, -0.15) is 0 Å². The number of rotatable bonds is 3. The Bertz CT molecular complexity index is 941. The van der Waals surface area contributed by atoms with Crippen molar-refractivity contribution in [3.05, 3.63) is 59.9 Å². The highest BCUT2D eigenvalue weighted by Crippen LogP contribution is 2.34. The minimum Gasteiger partial charge on any atom is -0.325 e. The molecule has 1 saturated heterocycles. The molecule has 1 aliphatic heterocycles. The first-order chi connectivity index (χ1) is 12.0. The summed E-state index contributed by atoms with van der Waals surface area (Å²) >= 11 is 0. The molecule has 0 aliphatic carbocycles. The topological polar surface area (TPSA) is 38.1 Å². The van der Waals surface area contributed by atoms with Crippen LogP contribution in [0.1, 0.15) is 43.6 Å². The average molecular weight is 333 g/mol. The number of aromatic nitrogens is 2. The molecule has 1 aromatic heterocycles. The molecular weight excluding hydrogens is 310 g/mol. The van der Waals surface area contributed by atoms with Crippen LogP contribution in [-0.2, 0) is 4.79 Å². The van der Waals surface area contributed by atoms with Gasteiger partial charge in [0.25, 0.3) is 0 Å². The molecule has 0 spiro atoms. The van der Waals surface area contributed by atoms with E-state index in [4.69, 9.17) is 4.98 Å². The second-order valence-electron chi connectivity index (χ2n) is 7.17. The van der Waals surface area contributed by atoms with Crippen LogP contribution in [0, 0.1) is 6.92 Å². The average Bonchev–Trinajstić information content (AvgIpc) is 3.15. The van der Waals surface area contributed by atoms with Gasteiger partial charge < -0.3 is 9.47 Å². The molecule has 1 amide bonds. The molecule has 0 bridgehead atoms. The number of amides is 1. The first-order valence-electron chi connectivity index (χ1n) is 8.88. The van der Waals surface area contributed by atoms with Crippen LogP contribution in [0.4, 0.5) is 5.69 Å². The lowest BCUT2D eigenvalue weighted by molar-refractivity contribution is -0.117. The number of anilines is 1. The lowest BCUT2D eigenvalue weighted by Crippen LogP contribution is -2.24. The van der Waals surface area contributed by atoms with Crippen LogP contribution < -0.4 is 4.90 Å². The fraction of sp³-hybridized carbons (Fsp3) is 0.333. The van der Waals surface area contributed by atoms with Crippen LogP contribution in [-0.4, -0.2) is 22.0 Å². The van der Waals surface area contributed by atoms with Crippen molar-refractivity contribution >= 4 is 22.6 Å². The molecule has 1 fully saturated rings. The highest BCUT2D eigenvalue weighted by Gasteiger charge is 2.35. The number of para-hydroxylation sites is 2. The molecular formula is C21H23N3O. The van der Waals surface area contributed by atoms with Gasteiger partial charge in [-0.3, -0.25) is 4.79 Å².